The quantitative estimate of drug-likeness (QED) is 0.0652. The summed E-state index contributed by atoms with van der Waals surface area (Å²) in [7, 11) is 0. The van der Waals surface area contributed by atoms with E-state index in [1.165, 1.54) is 28.8 Å². The molecule has 11 N–H and O–H groups in total. The lowest BCUT2D eigenvalue weighted by Crippen LogP contribution is -2.60. The number of nitrogens with one attached hydrogen (secondary N) is 6. The second-order valence-electron chi connectivity index (χ2n) is 14.7. The minimum Gasteiger partial charge on any atom is -0.508 e. The van der Waals surface area contributed by atoms with Crippen molar-refractivity contribution in [2.24, 2.45) is 11.7 Å². The number of nitrogens with two attached hydrogens (primary N) is 1. The van der Waals surface area contributed by atoms with Crippen molar-refractivity contribution in [2.75, 3.05) is 31.7 Å². The van der Waals surface area contributed by atoms with Crippen molar-refractivity contribution >= 4 is 64.1 Å². The highest BCUT2D eigenvalue weighted by Crippen LogP contribution is 2.23. The third-order valence-corrected chi connectivity index (χ3v) is 10.7. The first kappa shape index (κ1) is 46.0. The number of likely N-dealkylation sites (tertiary alicyclic amines) is 1. The van der Waals surface area contributed by atoms with Crippen molar-refractivity contribution in [3.8, 4) is 5.75 Å². The SMILES string of the molecule is CSCC[C@H](N)C(=O)N[C@@H](Cc1ccc(O)cc1)C(=O)N[C@@H](CO)C(=O)N[C@@H](Cc1c[nH]c2ccccc12)C(=O)N1CCC[C@H]1C(=O)NCC(=O)N[C@H](C(=O)O)C(C)C. The summed E-state index contributed by atoms with van der Waals surface area (Å²) >= 11 is 1.50. The number of carboxylic acid groups (broad SMARTS) is 1. The van der Waals surface area contributed by atoms with Gasteiger partial charge in [0.05, 0.1) is 19.2 Å². The topological polar surface area (TPSA) is 285 Å². The number of aliphatic carboxylic acids is 1. The number of H-pyrrole nitrogens is 1. The van der Waals surface area contributed by atoms with Gasteiger partial charge in [-0.1, -0.05) is 44.2 Å². The van der Waals surface area contributed by atoms with E-state index in [1.54, 1.807) is 32.2 Å². The van der Waals surface area contributed by atoms with E-state index in [0.29, 0.717) is 29.7 Å². The molecule has 0 radical (unpaired) electrons. The molecule has 2 heterocycles. The Morgan fingerprint density at radius 2 is 1.56 bits per heavy atom. The number of phenols is 1. The van der Waals surface area contributed by atoms with E-state index >= 15 is 0 Å². The fraction of sp³-hybridized carbons (Fsp3) is 0.475. The first-order chi connectivity index (χ1) is 28.1. The summed E-state index contributed by atoms with van der Waals surface area (Å²) in [6.07, 6.45) is 4.48. The Morgan fingerprint density at radius 3 is 2.22 bits per heavy atom. The Bertz CT molecular complexity index is 1960. The number of phenolic OH excluding ortho intramolecular Hbond substituents is 1. The molecular formula is C40H54N8O10S. The highest BCUT2D eigenvalue weighted by atomic mass is 32.2. The Morgan fingerprint density at radius 1 is 0.898 bits per heavy atom. The molecule has 0 unspecified atom stereocenters. The number of fused-ring (bicyclic) bond motifs is 1. The molecule has 3 aromatic rings. The molecule has 1 aromatic heterocycles. The monoisotopic (exact) mass is 838 g/mol. The number of hydrogen-bond acceptors (Lipinski definition) is 11. The Hall–Kier alpha value is -5.66. The molecule has 0 bridgehead atoms. The van der Waals surface area contributed by atoms with Crippen molar-refractivity contribution in [2.45, 2.75) is 82.2 Å². The number of aliphatic hydroxyl groups is 1. The van der Waals surface area contributed by atoms with E-state index in [1.807, 2.05) is 30.5 Å². The first-order valence-electron chi connectivity index (χ1n) is 19.3. The molecule has 0 saturated carbocycles. The number of carbonyl (C=O) groups is 7. The lowest BCUT2D eigenvalue weighted by molar-refractivity contribution is -0.143. The summed E-state index contributed by atoms with van der Waals surface area (Å²) in [6.45, 7) is 2.00. The average Bonchev–Trinajstić information content (AvgIpc) is 3.87. The number of nitrogens with zero attached hydrogens (tertiary/aromatic N) is 1. The summed E-state index contributed by atoms with van der Waals surface area (Å²) in [5, 5.41) is 43.0. The van der Waals surface area contributed by atoms with Crippen LogP contribution in [-0.4, -0.2) is 135 Å². The number of benzene rings is 2. The molecule has 0 aliphatic carbocycles. The predicted molar refractivity (Wildman–Crippen MR) is 220 cm³/mol. The van der Waals surface area contributed by atoms with Crippen LogP contribution >= 0.6 is 11.8 Å². The summed E-state index contributed by atoms with van der Waals surface area (Å²) in [6, 6.07) is 6.05. The minimum atomic E-state index is -1.58. The van der Waals surface area contributed by atoms with Gasteiger partial charge in [-0.05, 0) is 66.5 Å². The van der Waals surface area contributed by atoms with Crippen molar-refractivity contribution in [1.29, 1.82) is 0 Å². The van der Waals surface area contributed by atoms with Gasteiger partial charge in [0.25, 0.3) is 0 Å². The second-order valence-corrected chi connectivity index (χ2v) is 15.7. The van der Waals surface area contributed by atoms with Crippen LogP contribution in [0, 0.1) is 5.92 Å². The van der Waals surface area contributed by atoms with Crippen LogP contribution < -0.4 is 32.3 Å². The number of aliphatic hydroxyl groups excluding tert-OH is 1. The first-order valence-corrected chi connectivity index (χ1v) is 20.7. The zero-order valence-corrected chi connectivity index (χ0v) is 34.1. The fourth-order valence-corrected chi connectivity index (χ4v) is 7.21. The van der Waals surface area contributed by atoms with Gasteiger partial charge >= 0.3 is 5.97 Å². The van der Waals surface area contributed by atoms with Crippen LogP contribution in [-0.2, 0) is 46.4 Å². The maximum absolute atomic E-state index is 14.4. The summed E-state index contributed by atoms with van der Waals surface area (Å²) in [4.78, 5) is 97.0. The molecule has 1 fully saturated rings. The molecule has 4 rings (SSSR count). The molecule has 0 spiro atoms. The van der Waals surface area contributed by atoms with Gasteiger partial charge in [-0.2, -0.15) is 11.8 Å². The van der Waals surface area contributed by atoms with Crippen molar-refractivity contribution in [3.05, 3.63) is 65.9 Å². The molecule has 59 heavy (non-hydrogen) atoms. The molecular weight excluding hydrogens is 785 g/mol. The van der Waals surface area contributed by atoms with Crippen LogP contribution in [0.3, 0.4) is 0 Å². The van der Waals surface area contributed by atoms with Gasteiger partial charge < -0.3 is 57.5 Å². The van der Waals surface area contributed by atoms with Gasteiger partial charge in [0.2, 0.25) is 35.4 Å². The van der Waals surface area contributed by atoms with Gasteiger partial charge in [0, 0.05) is 36.5 Å². The van der Waals surface area contributed by atoms with Crippen LogP contribution in [0.4, 0.5) is 0 Å². The van der Waals surface area contributed by atoms with Crippen LogP contribution in [0.1, 0.15) is 44.2 Å². The van der Waals surface area contributed by atoms with Crippen LogP contribution in [0.25, 0.3) is 10.9 Å². The fourth-order valence-electron chi connectivity index (χ4n) is 6.72. The number of para-hydroxylation sites is 1. The van der Waals surface area contributed by atoms with Crippen molar-refractivity contribution in [1.82, 2.24) is 36.5 Å². The summed E-state index contributed by atoms with van der Waals surface area (Å²) < 4.78 is 0. The number of aromatic nitrogens is 1. The number of thioether (sulfide) groups is 1. The maximum Gasteiger partial charge on any atom is 0.326 e. The van der Waals surface area contributed by atoms with Gasteiger partial charge in [0.1, 0.15) is 36.0 Å². The molecule has 18 nitrogen and oxygen atoms in total. The van der Waals surface area contributed by atoms with E-state index in [2.05, 4.69) is 31.6 Å². The third kappa shape index (κ3) is 12.9. The molecule has 320 valence electrons. The number of carboxylic acids is 1. The van der Waals surface area contributed by atoms with E-state index in [9.17, 15) is 48.9 Å². The summed E-state index contributed by atoms with van der Waals surface area (Å²) in [5.41, 5.74) is 8.07. The zero-order valence-electron chi connectivity index (χ0n) is 33.2. The molecule has 1 aliphatic heterocycles. The molecule has 1 saturated heterocycles. The lowest BCUT2D eigenvalue weighted by Gasteiger charge is -2.30. The standard InChI is InChI=1S/C40H54N8O10S/c1-22(2)34(40(57)58)47-33(51)20-43-38(55)32-9-6-15-48(32)39(56)30(18-24-19-42-28-8-5-4-7-26(24)28)45-37(54)31(21-49)46-36(53)29(17-23-10-12-25(50)13-11-23)44-35(52)27(41)14-16-59-3/h4-5,7-8,10-13,19,22,27,29-32,34,42,49-50H,6,9,14-18,20-21,41H2,1-3H3,(H,43,55)(H,44,52)(H,45,54)(H,46,53)(H,47,51)(H,57,58)/t27-,29-,30-,31-,32-,34-/m0/s1. The Balaban J connectivity index is 1.53. The highest BCUT2D eigenvalue weighted by Gasteiger charge is 2.39. The van der Waals surface area contributed by atoms with E-state index in [0.717, 1.165) is 10.9 Å². The number of aromatic hydroxyl groups is 1. The van der Waals surface area contributed by atoms with Crippen molar-refractivity contribution < 1.29 is 48.9 Å². The minimum absolute atomic E-state index is 0.00677. The number of amides is 6. The average molecular weight is 839 g/mol. The maximum atomic E-state index is 14.4. The normalized spacial score (nSPS) is 16.4. The van der Waals surface area contributed by atoms with Gasteiger partial charge in [0.15, 0.2) is 0 Å². The second kappa shape index (κ2) is 21.9. The van der Waals surface area contributed by atoms with Crippen molar-refractivity contribution in [3.63, 3.8) is 0 Å². The van der Waals surface area contributed by atoms with Crippen LogP contribution in [0.2, 0.25) is 0 Å². The van der Waals surface area contributed by atoms with E-state index in [-0.39, 0.29) is 31.6 Å². The zero-order chi connectivity index (χ0) is 43.2. The number of hydrogen-bond donors (Lipinski definition) is 10. The Kier molecular flexibility index (Phi) is 17.1. The third-order valence-electron chi connectivity index (χ3n) is 10.0. The largest absolute Gasteiger partial charge is 0.508 e. The van der Waals surface area contributed by atoms with Crippen LogP contribution in [0.5, 0.6) is 5.75 Å². The molecule has 1 aliphatic rings. The molecule has 2 aromatic carbocycles. The number of carbonyl (C=O) groups excluding carboxylic acids is 6. The van der Waals surface area contributed by atoms with Crippen LogP contribution in [0.15, 0.2) is 54.7 Å². The summed E-state index contributed by atoms with van der Waals surface area (Å²) in [5.74, 6) is -5.37. The molecule has 6 amide bonds. The van der Waals surface area contributed by atoms with Gasteiger partial charge in [-0.3, -0.25) is 28.8 Å². The molecule has 19 heteroatoms. The van der Waals surface area contributed by atoms with Gasteiger partial charge in [-0.25, -0.2) is 4.79 Å². The Labute approximate surface area is 345 Å². The number of aromatic amines is 1. The van der Waals surface area contributed by atoms with E-state index in [4.69, 9.17) is 5.73 Å². The predicted octanol–water partition coefficient (Wildman–Crippen LogP) is -0.482. The highest BCUT2D eigenvalue weighted by molar-refractivity contribution is 7.98. The van der Waals surface area contributed by atoms with Gasteiger partial charge in [-0.15, -0.1) is 0 Å². The lowest BCUT2D eigenvalue weighted by atomic mass is 10.0. The van der Waals surface area contributed by atoms with E-state index < -0.39 is 96.7 Å². The molecule has 6 atom stereocenters. The smallest absolute Gasteiger partial charge is 0.326 e. The number of rotatable bonds is 21.